The second kappa shape index (κ2) is 11.6. The van der Waals surface area contributed by atoms with Crippen LogP contribution in [0.5, 0.6) is 5.75 Å². The summed E-state index contributed by atoms with van der Waals surface area (Å²) in [7, 11) is 3.82. The Morgan fingerprint density at radius 1 is 1.13 bits per heavy atom. The zero-order chi connectivity index (χ0) is 28.3. The molecule has 0 saturated heterocycles. The van der Waals surface area contributed by atoms with Crippen molar-refractivity contribution in [2.45, 2.75) is 26.2 Å². The van der Waals surface area contributed by atoms with Gasteiger partial charge in [-0.2, -0.15) is 9.78 Å². The molecule has 202 valence electrons. The summed E-state index contributed by atoms with van der Waals surface area (Å²) in [6.07, 6.45) is 1.55. The molecule has 0 spiro atoms. The quantitative estimate of drug-likeness (QED) is 0.257. The fourth-order valence-corrected chi connectivity index (χ4v) is 4.25. The summed E-state index contributed by atoms with van der Waals surface area (Å²) in [5.74, 6) is 0.636. The number of anilines is 2. The van der Waals surface area contributed by atoms with Crippen LogP contribution in [0.2, 0.25) is 5.02 Å². The van der Waals surface area contributed by atoms with E-state index in [1.54, 1.807) is 36.5 Å². The molecule has 0 aliphatic carbocycles. The van der Waals surface area contributed by atoms with Gasteiger partial charge >= 0.3 is 0 Å². The van der Waals surface area contributed by atoms with E-state index >= 15 is 0 Å². The van der Waals surface area contributed by atoms with Crippen LogP contribution in [0.4, 0.5) is 11.4 Å². The largest absolute Gasteiger partial charge is 0.483 e. The standard InChI is InChI=1S/C29H29BrClN5O3/c1-29(2,3)28-34-24-13-7-19(30)14-23(24)27(38)36(28)32-16-18-6-12-22(35(4)5)15-25(18)39-17-26(37)33-21-10-8-20(31)9-11-21/h6-16H,17H2,1-5H3,(H,33,37). The van der Waals surface area contributed by atoms with Crippen LogP contribution in [0.1, 0.15) is 32.2 Å². The van der Waals surface area contributed by atoms with Gasteiger partial charge in [0, 0.05) is 52.0 Å². The first-order chi connectivity index (χ1) is 18.4. The number of fused-ring (bicyclic) bond motifs is 1. The number of carbonyl (C=O) groups is 1. The molecular weight excluding hydrogens is 582 g/mol. The molecule has 0 bridgehead atoms. The van der Waals surface area contributed by atoms with Gasteiger partial charge in [0.25, 0.3) is 11.5 Å². The van der Waals surface area contributed by atoms with E-state index in [4.69, 9.17) is 21.3 Å². The van der Waals surface area contributed by atoms with Crippen molar-refractivity contribution in [2.75, 3.05) is 30.9 Å². The highest BCUT2D eigenvalue weighted by Gasteiger charge is 2.23. The van der Waals surface area contributed by atoms with Crippen molar-refractivity contribution in [1.82, 2.24) is 9.66 Å². The summed E-state index contributed by atoms with van der Waals surface area (Å²) in [5, 5.41) is 8.37. The van der Waals surface area contributed by atoms with Gasteiger partial charge in [-0.3, -0.25) is 9.59 Å². The van der Waals surface area contributed by atoms with E-state index in [0.717, 1.165) is 10.2 Å². The van der Waals surface area contributed by atoms with Crippen LogP contribution >= 0.6 is 27.5 Å². The third-order valence-electron chi connectivity index (χ3n) is 5.79. The lowest BCUT2D eigenvalue weighted by atomic mass is 9.95. The van der Waals surface area contributed by atoms with Crippen molar-refractivity contribution in [1.29, 1.82) is 0 Å². The Kier molecular flexibility index (Phi) is 8.42. The molecule has 4 aromatic rings. The summed E-state index contributed by atoms with van der Waals surface area (Å²) >= 11 is 9.35. The zero-order valence-electron chi connectivity index (χ0n) is 22.3. The van der Waals surface area contributed by atoms with Gasteiger partial charge in [0.05, 0.1) is 17.1 Å². The second-order valence-electron chi connectivity index (χ2n) is 10.2. The Morgan fingerprint density at radius 2 is 1.85 bits per heavy atom. The van der Waals surface area contributed by atoms with Gasteiger partial charge in [0.2, 0.25) is 0 Å². The van der Waals surface area contributed by atoms with Gasteiger partial charge in [0.1, 0.15) is 11.6 Å². The number of ether oxygens (including phenoxy) is 1. The van der Waals surface area contributed by atoms with Crippen LogP contribution in [0, 0.1) is 0 Å². The molecule has 39 heavy (non-hydrogen) atoms. The highest BCUT2D eigenvalue weighted by molar-refractivity contribution is 9.10. The lowest BCUT2D eigenvalue weighted by Gasteiger charge is -2.21. The molecule has 3 aromatic carbocycles. The smallest absolute Gasteiger partial charge is 0.282 e. The molecule has 0 unspecified atom stereocenters. The van der Waals surface area contributed by atoms with Crippen LogP contribution in [0.25, 0.3) is 10.9 Å². The SMILES string of the molecule is CN(C)c1ccc(C=Nn2c(C(C)(C)C)nc3ccc(Br)cc3c2=O)c(OCC(=O)Nc2ccc(Cl)cc2)c1. The minimum atomic E-state index is -0.453. The van der Waals surface area contributed by atoms with Gasteiger partial charge in [0.15, 0.2) is 6.61 Å². The van der Waals surface area contributed by atoms with E-state index in [1.165, 1.54) is 4.68 Å². The Hall–Kier alpha value is -3.69. The molecule has 0 aliphatic rings. The first-order valence-corrected chi connectivity index (χ1v) is 13.4. The molecule has 8 nitrogen and oxygen atoms in total. The summed E-state index contributed by atoms with van der Waals surface area (Å²) in [6, 6.07) is 17.8. The summed E-state index contributed by atoms with van der Waals surface area (Å²) in [6.45, 7) is 5.71. The van der Waals surface area contributed by atoms with E-state index in [9.17, 15) is 9.59 Å². The Labute approximate surface area is 240 Å². The number of nitrogens with one attached hydrogen (secondary N) is 1. The molecule has 0 radical (unpaired) electrons. The van der Waals surface area contributed by atoms with Gasteiger partial charge in [-0.25, -0.2) is 4.98 Å². The first kappa shape index (κ1) is 28.3. The van der Waals surface area contributed by atoms with Crippen LogP contribution < -0.4 is 20.5 Å². The molecular formula is C29H29BrClN5O3. The van der Waals surface area contributed by atoms with Crippen LogP contribution in [-0.2, 0) is 10.2 Å². The molecule has 1 aromatic heterocycles. The minimum Gasteiger partial charge on any atom is -0.483 e. The van der Waals surface area contributed by atoms with Gasteiger partial charge in [-0.05, 0) is 54.6 Å². The molecule has 0 aliphatic heterocycles. The minimum absolute atomic E-state index is 0.223. The average Bonchev–Trinajstić information content (AvgIpc) is 2.88. The van der Waals surface area contributed by atoms with Gasteiger partial charge in [-0.1, -0.05) is 48.3 Å². The van der Waals surface area contributed by atoms with E-state index < -0.39 is 5.41 Å². The predicted octanol–water partition coefficient (Wildman–Crippen LogP) is 6.08. The monoisotopic (exact) mass is 609 g/mol. The van der Waals surface area contributed by atoms with E-state index in [1.807, 2.05) is 70.1 Å². The van der Waals surface area contributed by atoms with E-state index in [-0.39, 0.29) is 18.1 Å². The number of amides is 1. The highest BCUT2D eigenvalue weighted by Crippen LogP contribution is 2.26. The maximum Gasteiger partial charge on any atom is 0.282 e. The summed E-state index contributed by atoms with van der Waals surface area (Å²) < 4.78 is 8.03. The van der Waals surface area contributed by atoms with Gasteiger partial charge < -0.3 is 15.0 Å². The summed E-state index contributed by atoms with van der Waals surface area (Å²) in [5.41, 5.74) is 1.96. The number of rotatable bonds is 7. The van der Waals surface area contributed by atoms with Crippen LogP contribution in [0.15, 0.2) is 75.0 Å². The second-order valence-corrected chi connectivity index (χ2v) is 11.5. The van der Waals surface area contributed by atoms with Gasteiger partial charge in [-0.15, -0.1) is 0 Å². The average molecular weight is 611 g/mol. The third-order valence-corrected chi connectivity index (χ3v) is 6.54. The molecule has 4 rings (SSSR count). The third kappa shape index (κ3) is 6.85. The molecule has 1 N–H and O–H groups in total. The molecule has 1 amide bonds. The molecule has 0 fully saturated rings. The van der Waals surface area contributed by atoms with Crippen molar-refractivity contribution in [3.05, 3.63) is 91.9 Å². The van der Waals surface area contributed by atoms with Crippen LogP contribution in [-0.4, -0.2) is 42.5 Å². The first-order valence-electron chi connectivity index (χ1n) is 12.2. The van der Waals surface area contributed by atoms with Crippen molar-refractivity contribution in [3.63, 3.8) is 0 Å². The lowest BCUT2D eigenvalue weighted by molar-refractivity contribution is -0.118. The Balaban J connectivity index is 1.68. The number of nitrogens with zero attached hydrogens (tertiary/aromatic N) is 4. The van der Waals surface area contributed by atoms with E-state index in [0.29, 0.717) is 38.8 Å². The van der Waals surface area contributed by atoms with Crippen molar-refractivity contribution in [2.24, 2.45) is 5.10 Å². The van der Waals surface area contributed by atoms with Crippen LogP contribution in [0.3, 0.4) is 0 Å². The number of hydrogen-bond acceptors (Lipinski definition) is 6. The molecule has 0 atom stereocenters. The fraction of sp³-hybridized carbons (Fsp3) is 0.241. The Bertz CT molecular complexity index is 1610. The fourth-order valence-electron chi connectivity index (χ4n) is 3.77. The number of carbonyl (C=O) groups excluding carboxylic acids is 1. The topological polar surface area (TPSA) is 88.8 Å². The molecule has 0 saturated carbocycles. The van der Waals surface area contributed by atoms with E-state index in [2.05, 4.69) is 26.3 Å². The predicted molar refractivity (Wildman–Crippen MR) is 162 cm³/mol. The highest BCUT2D eigenvalue weighted by atomic mass is 79.9. The number of aromatic nitrogens is 2. The number of hydrogen-bond donors (Lipinski definition) is 1. The van der Waals surface area contributed by atoms with Crippen molar-refractivity contribution in [3.8, 4) is 5.75 Å². The number of halogens is 2. The Morgan fingerprint density at radius 3 is 2.51 bits per heavy atom. The zero-order valence-corrected chi connectivity index (χ0v) is 24.7. The van der Waals surface area contributed by atoms with Crippen molar-refractivity contribution < 1.29 is 9.53 Å². The van der Waals surface area contributed by atoms with Crippen molar-refractivity contribution >= 4 is 61.9 Å². The number of benzene rings is 3. The maximum absolute atomic E-state index is 13.5. The normalized spacial score (nSPS) is 11.7. The molecule has 10 heteroatoms. The lowest BCUT2D eigenvalue weighted by Crippen LogP contribution is -2.29. The maximum atomic E-state index is 13.5. The summed E-state index contributed by atoms with van der Waals surface area (Å²) in [4.78, 5) is 32.7. The molecule has 1 heterocycles.